The number of carbonyl (C=O) groups is 5. The van der Waals surface area contributed by atoms with Gasteiger partial charge in [0.25, 0.3) is 0 Å². The minimum atomic E-state index is -1.05. The molecule has 4 N–H and O–H groups in total. The van der Waals surface area contributed by atoms with Gasteiger partial charge in [-0.25, -0.2) is 0 Å². The molecule has 3 heterocycles. The van der Waals surface area contributed by atoms with Crippen LogP contribution >= 0.6 is 0 Å². The zero-order valence-corrected chi connectivity index (χ0v) is 25.5. The van der Waals surface area contributed by atoms with Gasteiger partial charge in [-0.2, -0.15) is 0 Å². The van der Waals surface area contributed by atoms with E-state index in [4.69, 9.17) is 0 Å². The van der Waals surface area contributed by atoms with Crippen molar-refractivity contribution in [1.29, 1.82) is 0 Å². The molecule has 1 aromatic heterocycles. The summed E-state index contributed by atoms with van der Waals surface area (Å²) in [6.07, 6.45) is 5.73. The smallest absolute Gasteiger partial charge is 0.305 e. The van der Waals surface area contributed by atoms with Gasteiger partial charge in [-0.15, -0.1) is 0 Å². The minimum Gasteiger partial charge on any atom is -0.481 e. The number of hydrogen-bond donors (Lipinski definition) is 4. The average molecular weight is 626 g/mol. The lowest BCUT2D eigenvalue weighted by atomic mass is 9.97. The van der Waals surface area contributed by atoms with Gasteiger partial charge in [0, 0.05) is 30.9 Å². The van der Waals surface area contributed by atoms with E-state index < -0.39 is 42.0 Å². The Hall–Kier alpha value is -5.06. The number of rotatable bonds is 13. The van der Waals surface area contributed by atoms with E-state index in [-0.39, 0.29) is 37.1 Å². The second kappa shape index (κ2) is 15.3. The van der Waals surface area contributed by atoms with E-state index in [2.05, 4.69) is 20.9 Å². The Bertz CT molecular complexity index is 1520. The number of pyridine rings is 1. The zero-order chi connectivity index (χ0) is 32.5. The number of carboxylic acid groups (broad SMARTS) is 1. The van der Waals surface area contributed by atoms with E-state index in [0.717, 1.165) is 16.7 Å². The van der Waals surface area contributed by atoms with Crippen LogP contribution in [0.25, 0.3) is 0 Å². The summed E-state index contributed by atoms with van der Waals surface area (Å²) >= 11 is 0. The lowest BCUT2D eigenvalue weighted by Crippen LogP contribution is -2.60. The summed E-state index contributed by atoms with van der Waals surface area (Å²) in [4.78, 5) is 71.1. The van der Waals surface area contributed by atoms with Crippen molar-refractivity contribution < 1.29 is 29.1 Å². The van der Waals surface area contributed by atoms with Gasteiger partial charge >= 0.3 is 5.97 Å². The summed E-state index contributed by atoms with van der Waals surface area (Å²) in [6.45, 7) is 0. The molecule has 2 fully saturated rings. The summed E-state index contributed by atoms with van der Waals surface area (Å²) in [5, 5.41) is 18.1. The van der Waals surface area contributed by atoms with Crippen LogP contribution in [0.5, 0.6) is 0 Å². The van der Waals surface area contributed by atoms with Gasteiger partial charge in [-0.3, -0.25) is 29.0 Å². The lowest BCUT2D eigenvalue weighted by molar-refractivity contribution is -0.146. The highest BCUT2D eigenvalue weighted by Crippen LogP contribution is 2.33. The summed E-state index contributed by atoms with van der Waals surface area (Å²) in [5.41, 5.74) is 2.47. The molecule has 11 heteroatoms. The molecule has 4 amide bonds. The molecule has 0 aliphatic carbocycles. The quantitative estimate of drug-likeness (QED) is 0.227. The number of carboxylic acids is 1. The van der Waals surface area contributed by atoms with Gasteiger partial charge in [0.1, 0.15) is 18.1 Å². The predicted molar refractivity (Wildman–Crippen MR) is 169 cm³/mol. The van der Waals surface area contributed by atoms with E-state index in [0.29, 0.717) is 32.1 Å². The van der Waals surface area contributed by atoms with Crippen LogP contribution in [-0.2, 0) is 43.2 Å². The first kappa shape index (κ1) is 32.3. The van der Waals surface area contributed by atoms with Crippen LogP contribution < -0.4 is 16.0 Å². The summed E-state index contributed by atoms with van der Waals surface area (Å²) in [5.74, 6) is -2.59. The molecule has 2 saturated heterocycles. The van der Waals surface area contributed by atoms with E-state index in [9.17, 15) is 29.1 Å². The van der Waals surface area contributed by atoms with E-state index in [1.807, 2.05) is 60.7 Å². The SMILES string of the molecule is O=C(O)C[C@@H](Cc1ccccc1)NC(=O)C(Cc1ccncc1)NC(=O)[C@@H]1CCC2CCC(NC(=O)Cc3ccccc3)C(=O)N21. The van der Waals surface area contributed by atoms with Gasteiger partial charge < -0.3 is 26.0 Å². The van der Waals surface area contributed by atoms with E-state index in [1.54, 1.807) is 29.4 Å². The van der Waals surface area contributed by atoms with Crippen molar-refractivity contribution in [2.75, 3.05) is 0 Å². The van der Waals surface area contributed by atoms with Gasteiger partial charge in [0.05, 0.1) is 12.8 Å². The maximum Gasteiger partial charge on any atom is 0.305 e. The first-order valence-electron chi connectivity index (χ1n) is 15.7. The van der Waals surface area contributed by atoms with Gasteiger partial charge in [0.2, 0.25) is 23.6 Å². The zero-order valence-electron chi connectivity index (χ0n) is 25.5. The van der Waals surface area contributed by atoms with Gasteiger partial charge in [-0.1, -0.05) is 60.7 Å². The molecule has 11 nitrogen and oxygen atoms in total. The summed E-state index contributed by atoms with van der Waals surface area (Å²) < 4.78 is 0. The fraction of sp³-hybridized carbons (Fsp3) is 0.371. The van der Waals surface area contributed by atoms with Crippen molar-refractivity contribution in [3.05, 3.63) is 102 Å². The number of piperidine rings is 1. The van der Waals surface area contributed by atoms with Crippen LogP contribution in [0.4, 0.5) is 0 Å². The molecule has 3 aromatic rings. The number of carbonyl (C=O) groups excluding carboxylic acids is 4. The number of benzene rings is 2. The van der Waals surface area contributed by atoms with Crippen LogP contribution in [0.1, 0.15) is 48.8 Å². The van der Waals surface area contributed by atoms with Crippen LogP contribution in [-0.4, -0.2) is 74.8 Å². The molecule has 5 rings (SSSR count). The minimum absolute atomic E-state index is 0.121. The summed E-state index contributed by atoms with van der Waals surface area (Å²) in [6, 6.07) is 18.7. The Morgan fingerprint density at radius 3 is 2.11 bits per heavy atom. The Labute approximate surface area is 267 Å². The van der Waals surface area contributed by atoms with Crippen LogP contribution in [0, 0.1) is 0 Å². The number of aliphatic carboxylic acids is 1. The van der Waals surface area contributed by atoms with Crippen molar-refractivity contribution in [2.24, 2.45) is 0 Å². The standard InChI is InChI=1S/C35H39N5O6/c41-31(21-24-9-5-2-6-10-24)38-28-13-11-27-12-14-30(40(27)35(28)46)34(45)39-29(20-25-15-17-36-18-16-25)33(44)37-26(22-32(42)43)19-23-7-3-1-4-8-23/h1-10,15-18,26-30H,11-14,19-22H2,(H,37,44)(H,38,41)(H,39,45)(H,42,43)/t26-,27?,28?,29?,30+/m1/s1. The molecule has 2 aromatic carbocycles. The largest absolute Gasteiger partial charge is 0.481 e. The van der Waals surface area contributed by atoms with Crippen LogP contribution in [0.2, 0.25) is 0 Å². The molecular formula is C35H39N5O6. The second-order valence-corrected chi connectivity index (χ2v) is 12.0. The molecule has 46 heavy (non-hydrogen) atoms. The van der Waals surface area contributed by atoms with Crippen LogP contribution in [0.3, 0.4) is 0 Å². The van der Waals surface area contributed by atoms with Crippen molar-refractivity contribution in [3.63, 3.8) is 0 Å². The third-order valence-corrected chi connectivity index (χ3v) is 8.60. The number of fused-ring (bicyclic) bond motifs is 1. The molecule has 0 saturated carbocycles. The van der Waals surface area contributed by atoms with Crippen LogP contribution in [0.15, 0.2) is 85.2 Å². The normalized spacial score (nSPS) is 20.2. The maximum atomic E-state index is 13.8. The monoisotopic (exact) mass is 625 g/mol. The Balaban J connectivity index is 1.28. The molecule has 0 bridgehead atoms. The molecule has 240 valence electrons. The molecule has 2 aliphatic heterocycles. The fourth-order valence-electron chi connectivity index (χ4n) is 6.40. The fourth-order valence-corrected chi connectivity index (χ4v) is 6.40. The highest BCUT2D eigenvalue weighted by atomic mass is 16.4. The Morgan fingerprint density at radius 1 is 0.804 bits per heavy atom. The Morgan fingerprint density at radius 2 is 1.43 bits per heavy atom. The van der Waals surface area contributed by atoms with Gasteiger partial charge in [-0.05, 0) is 60.9 Å². The predicted octanol–water partition coefficient (Wildman–Crippen LogP) is 2.19. The molecule has 5 atom stereocenters. The third-order valence-electron chi connectivity index (χ3n) is 8.60. The molecule has 3 unspecified atom stereocenters. The highest BCUT2D eigenvalue weighted by molar-refractivity contribution is 5.95. The Kier molecular flexibility index (Phi) is 10.7. The molecule has 0 spiro atoms. The topological polar surface area (TPSA) is 158 Å². The number of nitrogens with one attached hydrogen (secondary N) is 3. The molecule has 2 aliphatic rings. The van der Waals surface area contributed by atoms with Crippen molar-refractivity contribution in [3.8, 4) is 0 Å². The lowest BCUT2D eigenvalue weighted by Gasteiger charge is -2.38. The first-order chi connectivity index (χ1) is 22.3. The van der Waals surface area contributed by atoms with Crippen molar-refractivity contribution in [2.45, 2.75) is 81.6 Å². The average Bonchev–Trinajstić information content (AvgIpc) is 3.48. The van der Waals surface area contributed by atoms with E-state index in [1.165, 1.54) is 0 Å². The first-order valence-corrected chi connectivity index (χ1v) is 15.7. The third kappa shape index (κ3) is 8.56. The van der Waals surface area contributed by atoms with E-state index >= 15 is 0 Å². The highest BCUT2D eigenvalue weighted by Gasteiger charge is 2.46. The maximum absolute atomic E-state index is 13.8. The summed E-state index contributed by atoms with van der Waals surface area (Å²) in [7, 11) is 0. The second-order valence-electron chi connectivity index (χ2n) is 12.0. The van der Waals surface area contributed by atoms with Crippen molar-refractivity contribution >= 4 is 29.6 Å². The number of aromatic nitrogens is 1. The molecule has 0 radical (unpaired) electrons. The molecular weight excluding hydrogens is 586 g/mol. The number of hydrogen-bond acceptors (Lipinski definition) is 6. The van der Waals surface area contributed by atoms with Crippen molar-refractivity contribution in [1.82, 2.24) is 25.8 Å². The number of amides is 4. The van der Waals surface area contributed by atoms with Gasteiger partial charge in [0.15, 0.2) is 0 Å². The number of nitrogens with zero attached hydrogens (tertiary/aromatic N) is 2.